The van der Waals surface area contributed by atoms with E-state index in [-0.39, 0.29) is 5.91 Å². The quantitative estimate of drug-likeness (QED) is 0.670. The zero-order valence-corrected chi connectivity index (χ0v) is 15.2. The second kappa shape index (κ2) is 6.76. The van der Waals surface area contributed by atoms with Gasteiger partial charge in [-0.3, -0.25) is 4.79 Å². The Morgan fingerprint density at radius 1 is 1.40 bits per heavy atom. The third-order valence-corrected chi connectivity index (χ3v) is 4.59. The van der Waals surface area contributed by atoms with E-state index in [1.165, 1.54) is 5.56 Å². The molecule has 0 saturated carbocycles. The van der Waals surface area contributed by atoms with Crippen LogP contribution in [-0.2, 0) is 6.54 Å². The topological polar surface area (TPSA) is 34.0 Å². The molecule has 1 heterocycles. The van der Waals surface area contributed by atoms with Crippen LogP contribution in [-0.4, -0.2) is 10.5 Å². The Morgan fingerprint density at radius 3 is 2.80 bits per heavy atom. The predicted molar refractivity (Wildman–Crippen MR) is 94.3 cm³/mol. The van der Waals surface area contributed by atoms with Crippen LogP contribution in [0.4, 0.5) is 5.69 Å². The molecule has 1 amide bonds. The van der Waals surface area contributed by atoms with Gasteiger partial charge in [0.2, 0.25) is 0 Å². The van der Waals surface area contributed by atoms with Crippen LogP contribution in [0.2, 0.25) is 0 Å². The molecule has 3 nitrogen and oxygen atoms in total. The SMILES string of the molecule is CCCn1cc(Br)cc1C(=O)Nc1ccc(C)c(I)c1. The third-order valence-electron chi connectivity index (χ3n) is 2.99. The highest BCUT2D eigenvalue weighted by Crippen LogP contribution is 2.20. The zero-order valence-electron chi connectivity index (χ0n) is 11.4. The summed E-state index contributed by atoms with van der Waals surface area (Å²) in [5.74, 6) is -0.0798. The van der Waals surface area contributed by atoms with Crippen molar-refractivity contribution < 1.29 is 4.79 Å². The molecule has 0 bridgehead atoms. The number of carbonyl (C=O) groups is 1. The van der Waals surface area contributed by atoms with Crippen LogP contribution in [0, 0.1) is 10.5 Å². The van der Waals surface area contributed by atoms with Crippen molar-refractivity contribution in [2.75, 3.05) is 5.32 Å². The molecular weight excluding hydrogens is 431 g/mol. The highest BCUT2D eigenvalue weighted by Gasteiger charge is 2.13. The van der Waals surface area contributed by atoms with Crippen LogP contribution in [0.3, 0.4) is 0 Å². The Kier molecular flexibility index (Phi) is 5.26. The van der Waals surface area contributed by atoms with E-state index in [4.69, 9.17) is 0 Å². The Hall–Kier alpha value is -0.820. The van der Waals surface area contributed by atoms with Crippen LogP contribution >= 0.6 is 38.5 Å². The van der Waals surface area contributed by atoms with Gasteiger partial charge in [0, 0.05) is 26.5 Å². The average Bonchev–Trinajstić information content (AvgIpc) is 2.75. The van der Waals surface area contributed by atoms with Gasteiger partial charge in [-0.25, -0.2) is 0 Å². The van der Waals surface area contributed by atoms with E-state index in [1.54, 1.807) is 0 Å². The van der Waals surface area contributed by atoms with E-state index in [0.29, 0.717) is 5.69 Å². The first-order valence-electron chi connectivity index (χ1n) is 6.44. The standard InChI is InChI=1S/C15H16BrIN2O/c1-3-6-19-9-11(16)7-14(19)15(20)18-12-5-4-10(2)13(17)8-12/h4-5,7-9H,3,6H2,1-2H3,(H,18,20). The smallest absolute Gasteiger partial charge is 0.272 e. The molecular formula is C15H16BrIN2O. The average molecular weight is 447 g/mol. The fourth-order valence-corrected chi connectivity index (χ4v) is 2.94. The first kappa shape index (κ1) is 15.6. The van der Waals surface area contributed by atoms with Gasteiger partial charge in [0.1, 0.15) is 5.69 Å². The minimum absolute atomic E-state index is 0.0798. The molecule has 2 rings (SSSR count). The maximum Gasteiger partial charge on any atom is 0.272 e. The van der Waals surface area contributed by atoms with Crippen LogP contribution in [0.25, 0.3) is 0 Å². The highest BCUT2D eigenvalue weighted by molar-refractivity contribution is 14.1. The molecule has 0 radical (unpaired) electrons. The van der Waals surface area contributed by atoms with Crippen LogP contribution in [0.15, 0.2) is 34.9 Å². The Bertz CT molecular complexity index is 637. The van der Waals surface area contributed by atoms with Crippen molar-refractivity contribution >= 4 is 50.1 Å². The largest absolute Gasteiger partial charge is 0.342 e. The minimum atomic E-state index is -0.0798. The number of amides is 1. The zero-order chi connectivity index (χ0) is 14.7. The lowest BCUT2D eigenvalue weighted by Gasteiger charge is -2.09. The molecule has 0 aliphatic rings. The summed E-state index contributed by atoms with van der Waals surface area (Å²) in [4.78, 5) is 12.4. The van der Waals surface area contributed by atoms with Crippen LogP contribution in [0.5, 0.6) is 0 Å². The molecule has 0 fully saturated rings. The van der Waals surface area contributed by atoms with E-state index in [9.17, 15) is 4.79 Å². The molecule has 20 heavy (non-hydrogen) atoms. The van der Waals surface area contributed by atoms with E-state index in [2.05, 4.69) is 57.7 Å². The van der Waals surface area contributed by atoms with Crippen molar-refractivity contribution in [2.45, 2.75) is 26.8 Å². The summed E-state index contributed by atoms with van der Waals surface area (Å²) in [6.45, 7) is 4.98. The Morgan fingerprint density at radius 2 is 2.15 bits per heavy atom. The van der Waals surface area contributed by atoms with Gasteiger partial charge < -0.3 is 9.88 Å². The number of anilines is 1. The lowest BCUT2D eigenvalue weighted by Crippen LogP contribution is -2.16. The van der Waals surface area contributed by atoms with Crippen molar-refractivity contribution in [1.82, 2.24) is 4.57 Å². The lowest BCUT2D eigenvalue weighted by atomic mass is 10.2. The maximum atomic E-state index is 12.4. The van der Waals surface area contributed by atoms with Gasteiger partial charge in [-0.1, -0.05) is 13.0 Å². The van der Waals surface area contributed by atoms with E-state index in [1.807, 2.05) is 35.0 Å². The molecule has 0 saturated heterocycles. The number of nitrogens with zero attached hydrogens (tertiary/aromatic N) is 1. The normalized spacial score (nSPS) is 10.6. The van der Waals surface area contributed by atoms with Crippen molar-refractivity contribution in [2.24, 2.45) is 0 Å². The summed E-state index contributed by atoms with van der Waals surface area (Å²) < 4.78 is 4.04. The summed E-state index contributed by atoms with van der Waals surface area (Å²) in [5.41, 5.74) is 2.71. The number of halogens is 2. The summed E-state index contributed by atoms with van der Waals surface area (Å²) in [6.07, 6.45) is 2.93. The number of nitrogens with one attached hydrogen (secondary N) is 1. The predicted octanol–water partition coefficient (Wildman–Crippen LogP) is 4.83. The van der Waals surface area contributed by atoms with E-state index >= 15 is 0 Å². The number of aryl methyl sites for hydroxylation is 2. The Labute approximate surface area is 141 Å². The third kappa shape index (κ3) is 3.63. The molecule has 1 N–H and O–H groups in total. The van der Waals surface area contributed by atoms with Gasteiger partial charge in [-0.05, 0) is 75.6 Å². The van der Waals surface area contributed by atoms with Gasteiger partial charge in [-0.2, -0.15) is 0 Å². The molecule has 0 unspecified atom stereocenters. The van der Waals surface area contributed by atoms with Crippen molar-refractivity contribution in [3.05, 3.63) is 49.8 Å². The molecule has 1 aromatic heterocycles. The Balaban J connectivity index is 2.21. The lowest BCUT2D eigenvalue weighted by molar-refractivity contribution is 0.101. The molecule has 106 valence electrons. The summed E-state index contributed by atoms with van der Waals surface area (Å²) in [7, 11) is 0. The number of hydrogen-bond donors (Lipinski definition) is 1. The molecule has 1 aromatic carbocycles. The van der Waals surface area contributed by atoms with Crippen molar-refractivity contribution in [3.8, 4) is 0 Å². The van der Waals surface area contributed by atoms with Crippen molar-refractivity contribution in [3.63, 3.8) is 0 Å². The van der Waals surface area contributed by atoms with Gasteiger partial charge in [0.15, 0.2) is 0 Å². The van der Waals surface area contributed by atoms with E-state index < -0.39 is 0 Å². The molecule has 0 atom stereocenters. The fraction of sp³-hybridized carbons (Fsp3) is 0.267. The van der Waals surface area contributed by atoms with Crippen molar-refractivity contribution in [1.29, 1.82) is 0 Å². The molecule has 2 aromatic rings. The second-order valence-corrected chi connectivity index (χ2v) is 6.73. The summed E-state index contributed by atoms with van der Waals surface area (Å²) in [5, 5.41) is 2.95. The summed E-state index contributed by atoms with van der Waals surface area (Å²) >= 11 is 5.70. The monoisotopic (exact) mass is 446 g/mol. The van der Waals surface area contributed by atoms with Gasteiger partial charge in [-0.15, -0.1) is 0 Å². The molecule has 5 heteroatoms. The number of rotatable bonds is 4. The summed E-state index contributed by atoms with van der Waals surface area (Å²) in [6, 6.07) is 7.77. The fourth-order valence-electron chi connectivity index (χ4n) is 1.96. The van der Waals surface area contributed by atoms with Crippen LogP contribution in [0.1, 0.15) is 29.4 Å². The molecule has 0 aliphatic heterocycles. The number of carbonyl (C=O) groups excluding carboxylic acids is 1. The maximum absolute atomic E-state index is 12.4. The number of benzene rings is 1. The highest BCUT2D eigenvalue weighted by atomic mass is 127. The first-order valence-corrected chi connectivity index (χ1v) is 8.31. The molecule has 0 spiro atoms. The van der Waals surface area contributed by atoms with Gasteiger partial charge in [0.05, 0.1) is 0 Å². The number of aromatic nitrogens is 1. The minimum Gasteiger partial charge on any atom is -0.342 e. The van der Waals surface area contributed by atoms with Gasteiger partial charge >= 0.3 is 0 Å². The number of hydrogen-bond acceptors (Lipinski definition) is 1. The molecule has 0 aliphatic carbocycles. The van der Waals surface area contributed by atoms with E-state index in [0.717, 1.165) is 26.7 Å². The van der Waals surface area contributed by atoms with Crippen LogP contribution < -0.4 is 5.32 Å². The second-order valence-electron chi connectivity index (χ2n) is 4.66. The van der Waals surface area contributed by atoms with Gasteiger partial charge in [0.25, 0.3) is 5.91 Å². The first-order chi connectivity index (χ1) is 9.51.